The smallest absolute Gasteiger partial charge is 0.227 e. The summed E-state index contributed by atoms with van der Waals surface area (Å²) in [6.45, 7) is 7.66. The fourth-order valence-corrected chi connectivity index (χ4v) is 3.09. The largest absolute Gasteiger partial charge is 0.343 e. The van der Waals surface area contributed by atoms with Crippen LogP contribution in [-0.2, 0) is 4.79 Å². The highest BCUT2D eigenvalue weighted by molar-refractivity contribution is 5.82. The third kappa shape index (κ3) is 2.80. The van der Waals surface area contributed by atoms with Gasteiger partial charge in [0.05, 0.1) is 0 Å². The highest BCUT2D eigenvalue weighted by atomic mass is 16.2. The van der Waals surface area contributed by atoms with Gasteiger partial charge in [0.15, 0.2) is 0 Å². The maximum absolute atomic E-state index is 12.5. The maximum atomic E-state index is 12.5. The van der Waals surface area contributed by atoms with Crippen molar-refractivity contribution in [1.29, 1.82) is 0 Å². The molecule has 0 saturated carbocycles. The first-order chi connectivity index (χ1) is 9.95. The molecule has 1 N–H and O–H groups in total. The van der Waals surface area contributed by atoms with Crippen molar-refractivity contribution in [1.82, 2.24) is 14.9 Å². The molecule has 1 amide bonds. The number of pyridine rings is 1. The van der Waals surface area contributed by atoms with E-state index in [1.165, 1.54) is 5.69 Å². The van der Waals surface area contributed by atoms with Crippen LogP contribution in [0.1, 0.15) is 45.2 Å². The molecule has 1 atom stereocenters. The van der Waals surface area contributed by atoms with Crippen molar-refractivity contribution in [3.05, 3.63) is 30.1 Å². The molecule has 0 bridgehead atoms. The molecular formula is C17H23N3O. The standard InChI is InChI=1S/C17H23N3O/c1-17(2,3)16(21)20-9-5-7-13(11-20)14-10-12-6-4-8-18-15(12)19-14/h4,6,8,10,13H,5,7,9,11H2,1-3H3,(H,18,19). The number of carbonyl (C=O) groups is 1. The van der Waals surface area contributed by atoms with Crippen molar-refractivity contribution in [2.45, 2.75) is 39.5 Å². The molecule has 0 aliphatic carbocycles. The van der Waals surface area contributed by atoms with Gasteiger partial charge in [0.1, 0.15) is 5.65 Å². The number of piperidine rings is 1. The molecule has 112 valence electrons. The van der Waals surface area contributed by atoms with E-state index in [9.17, 15) is 4.79 Å². The Labute approximate surface area is 125 Å². The Hall–Kier alpha value is -1.84. The first-order valence-electron chi connectivity index (χ1n) is 7.68. The number of nitrogens with one attached hydrogen (secondary N) is 1. The van der Waals surface area contributed by atoms with Gasteiger partial charge in [-0.3, -0.25) is 4.79 Å². The number of nitrogens with zero attached hydrogens (tertiary/aromatic N) is 2. The van der Waals surface area contributed by atoms with Crippen molar-refractivity contribution in [2.75, 3.05) is 13.1 Å². The van der Waals surface area contributed by atoms with E-state index >= 15 is 0 Å². The second-order valence-electron chi connectivity index (χ2n) is 7.01. The van der Waals surface area contributed by atoms with Crippen molar-refractivity contribution in [2.24, 2.45) is 5.41 Å². The minimum atomic E-state index is -0.302. The van der Waals surface area contributed by atoms with Crippen molar-refractivity contribution >= 4 is 16.9 Å². The van der Waals surface area contributed by atoms with E-state index in [1.807, 2.05) is 31.7 Å². The summed E-state index contributed by atoms with van der Waals surface area (Å²) in [5, 5.41) is 1.15. The predicted octanol–water partition coefficient (Wildman–Crippen LogP) is 3.32. The van der Waals surface area contributed by atoms with Crippen molar-refractivity contribution in [3.8, 4) is 0 Å². The zero-order chi connectivity index (χ0) is 15.0. The summed E-state index contributed by atoms with van der Waals surface area (Å²) in [6, 6.07) is 6.21. The molecule has 0 aromatic carbocycles. The first-order valence-corrected chi connectivity index (χ1v) is 7.68. The molecule has 0 radical (unpaired) electrons. The lowest BCUT2D eigenvalue weighted by Crippen LogP contribution is -2.44. The zero-order valence-corrected chi connectivity index (χ0v) is 13.0. The second kappa shape index (κ2) is 5.17. The summed E-state index contributed by atoms with van der Waals surface area (Å²) in [5.74, 6) is 0.640. The quantitative estimate of drug-likeness (QED) is 0.874. The van der Waals surface area contributed by atoms with Gasteiger partial charge in [-0.1, -0.05) is 20.8 Å². The van der Waals surface area contributed by atoms with Crippen LogP contribution in [0.25, 0.3) is 11.0 Å². The lowest BCUT2D eigenvalue weighted by atomic mass is 9.90. The van der Waals surface area contributed by atoms with Crippen LogP contribution >= 0.6 is 0 Å². The molecule has 0 spiro atoms. The van der Waals surface area contributed by atoms with Gasteiger partial charge in [0.25, 0.3) is 0 Å². The van der Waals surface area contributed by atoms with Crippen LogP contribution in [0.4, 0.5) is 0 Å². The minimum absolute atomic E-state index is 0.251. The molecule has 3 heterocycles. The number of carbonyl (C=O) groups excluding carboxylic acids is 1. The maximum Gasteiger partial charge on any atom is 0.227 e. The van der Waals surface area contributed by atoms with E-state index in [0.717, 1.165) is 37.0 Å². The van der Waals surface area contributed by atoms with Crippen LogP contribution in [0.3, 0.4) is 0 Å². The topological polar surface area (TPSA) is 49.0 Å². The molecule has 4 heteroatoms. The van der Waals surface area contributed by atoms with Gasteiger partial charge in [0, 0.05) is 41.7 Å². The number of hydrogen-bond donors (Lipinski definition) is 1. The number of amides is 1. The van der Waals surface area contributed by atoms with Crippen LogP contribution in [-0.4, -0.2) is 33.9 Å². The van der Waals surface area contributed by atoms with Gasteiger partial charge in [-0.05, 0) is 31.0 Å². The monoisotopic (exact) mass is 285 g/mol. The molecule has 4 nitrogen and oxygen atoms in total. The molecule has 1 aliphatic rings. The summed E-state index contributed by atoms with van der Waals surface area (Å²) >= 11 is 0. The summed E-state index contributed by atoms with van der Waals surface area (Å²) in [5.41, 5.74) is 1.84. The summed E-state index contributed by atoms with van der Waals surface area (Å²) in [6.07, 6.45) is 3.99. The number of aromatic nitrogens is 2. The van der Waals surface area contributed by atoms with Crippen LogP contribution in [0.5, 0.6) is 0 Å². The molecule has 21 heavy (non-hydrogen) atoms. The average Bonchev–Trinajstić information content (AvgIpc) is 2.89. The Morgan fingerprint density at radius 3 is 2.95 bits per heavy atom. The molecule has 1 unspecified atom stereocenters. The Kier molecular flexibility index (Phi) is 3.47. The third-order valence-electron chi connectivity index (χ3n) is 4.20. The fraction of sp³-hybridized carbons (Fsp3) is 0.529. The molecule has 2 aromatic heterocycles. The number of likely N-dealkylation sites (tertiary alicyclic amines) is 1. The number of aromatic amines is 1. The third-order valence-corrected chi connectivity index (χ3v) is 4.20. The van der Waals surface area contributed by atoms with Gasteiger partial charge in [-0.2, -0.15) is 0 Å². The molecule has 2 aromatic rings. The van der Waals surface area contributed by atoms with E-state index in [0.29, 0.717) is 5.92 Å². The van der Waals surface area contributed by atoms with Gasteiger partial charge in [-0.25, -0.2) is 4.98 Å². The van der Waals surface area contributed by atoms with Gasteiger partial charge in [-0.15, -0.1) is 0 Å². The molecule has 1 fully saturated rings. The number of fused-ring (bicyclic) bond motifs is 1. The lowest BCUT2D eigenvalue weighted by molar-refractivity contribution is -0.140. The van der Waals surface area contributed by atoms with E-state index in [-0.39, 0.29) is 11.3 Å². The Morgan fingerprint density at radius 1 is 1.43 bits per heavy atom. The Balaban J connectivity index is 1.81. The minimum Gasteiger partial charge on any atom is -0.343 e. The normalized spacial score (nSPS) is 20.0. The van der Waals surface area contributed by atoms with Crippen LogP contribution in [0, 0.1) is 5.41 Å². The molecule has 1 saturated heterocycles. The number of rotatable bonds is 1. The summed E-state index contributed by atoms with van der Waals surface area (Å²) in [4.78, 5) is 22.3. The van der Waals surface area contributed by atoms with E-state index in [2.05, 4.69) is 22.1 Å². The number of H-pyrrole nitrogens is 1. The van der Waals surface area contributed by atoms with Crippen LogP contribution < -0.4 is 0 Å². The Bertz CT molecular complexity index is 620. The molecule has 3 rings (SSSR count). The summed E-state index contributed by atoms with van der Waals surface area (Å²) in [7, 11) is 0. The molecular weight excluding hydrogens is 262 g/mol. The van der Waals surface area contributed by atoms with Crippen LogP contribution in [0.2, 0.25) is 0 Å². The predicted molar refractivity (Wildman–Crippen MR) is 84.1 cm³/mol. The number of hydrogen-bond acceptors (Lipinski definition) is 2. The Morgan fingerprint density at radius 2 is 2.24 bits per heavy atom. The highest BCUT2D eigenvalue weighted by Gasteiger charge is 2.31. The lowest BCUT2D eigenvalue weighted by Gasteiger charge is -2.36. The van der Waals surface area contributed by atoms with E-state index in [4.69, 9.17) is 0 Å². The fourth-order valence-electron chi connectivity index (χ4n) is 3.09. The van der Waals surface area contributed by atoms with E-state index in [1.54, 1.807) is 6.20 Å². The van der Waals surface area contributed by atoms with Crippen molar-refractivity contribution < 1.29 is 4.79 Å². The zero-order valence-electron chi connectivity index (χ0n) is 13.0. The highest BCUT2D eigenvalue weighted by Crippen LogP contribution is 2.30. The van der Waals surface area contributed by atoms with Gasteiger partial charge < -0.3 is 9.88 Å². The van der Waals surface area contributed by atoms with Gasteiger partial charge in [0.2, 0.25) is 5.91 Å². The van der Waals surface area contributed by atoms with Gasteiger partial charge >= 0.3 is 0 Å². The summed E-state index contributed by atoms with van der Waals surface area (Å²) < 4.78 is 0. The first kappa shape index (κ1) is 14.1. The second-order valence-corrected chi connectivity index (χ2v) is 7.01. The SMILES string of the molecule is CC(C)(C)C(=O)N1CCCC(c2cc3cccnc3[nH]2)C1. The average molecular weight is 285 g/mol. The molecule has 1 aliphatic heterocycles. The van der Waals surface area contributed by atoms with Crippen molar-refractivity contribution in [3.63, 3.8) is 0 Å². The van der Waals surface area contributed by atoms with E-state index < -0.39 is 0 Å². The van der Waals surface area contributed by atoms with Crippen LogP contribution in [0.15, 0.2) is 24.4 Å².